The van der Waals surface area contributed by atoms with E-state index in [-0.39, 0.29) is 6.04 Å². The maximum atomic E-state index is 12.7. The Balaban J connectivity index is 1.94. The topological polar surface area (TPSA) is 30.3 Å². The van der Waals surface area contributed by atoms with Crippen LogP contribution in [0, 0.1) is 11.3 Å². The summed E-state index contributed by atoms with van der Waals surface area (Å²) < 4.78 is 38.0. The molecule has 2 rings (SSSR count). The van der Waals surface area contributed by atoms with Crippen molar-refractivity contribution >= 4 is 0 Å². The van der Waals surface area contributed by atoms with Gasteiger partial charge in [-0.25, -0.2) is 0 Å². The molecule has 0 aliphatic carbocycles. The fourth-order valence-corrected chi connectivity index (χ4v) is 2.49. The fourth-order valence-electron chi connectivity index (χ4n) is 2.49. The van der Waals surface area contributed by atoms with Crippen molar-refractivity contribution in [1.29, 1.82) is 5.26 Å². The van der Waals surface area contributed by atoms with Gasteiger partial charge in [0, 0.05) is 32.7 Å². The van der Waals surface area contributed by atoms with Gasteiger partial charge in [-0.2, -0.15) is 18.4 Å². The van der Waals surface area contributed by atoms with Gasteiger partial charge in [0.25, 0.3) is 0 Å². The van der Waals surface area contributed by atoms with Crippen LogP contribution in [0.4, 0.5) is 13.2 Å². The van der Waals surface area contributed by atoms with Gasteiger partial charge in [0.2, 0.25) is 0 Å². The average molecular weight is 297 g/mol. The van der Waals surface area contributed by atoms with Crippen LogP contribution >= 0.6 is 0 Å². The highest BCUT2D eigenvalue weighted by atomic mass is 19.4. The molecule has 1 aromatic rings. The molecule has 1 saturated heterocycles. The Morgan fingerprint density at radius 1 is 1.24 bits per heavy atom. The van der Waals surface area contributed by atoms with Crippen molar-refractivity contribution in [2.75, 3.05) is 26.2 Å². The van der Waals surface area contributed by atoms with E-state index < -0.39 is 11.7 Å². The van der Waals surface area contributed by atoms with Crippen LogP contribution in [0.2, 0.25) is 0 Å². The first-order chi connectivity index (χ1) is 9.90. The average Bonchev–Trinajstić information content (AvgIpc) is 2.47. The number of piperazine rings is 1. The molecule has 0 spiro atoms. The van der Waals surface area contributed by atoms with E-state index in [0.717, 1.165) is 32.2 Å². The highest BCUT2D eigenvalue weighted by molar-refractivity contribution is 5.25. The van der Waals surface area contributed by atoms with Gasteiger partial charge in [0.05, 0.1) is 17.7 Å². The van der Waals surface area contributed by atoms with Crippen LogP contribution in [0.3, 0.4) is 0 Å². The molecule has 114 valence electrons. The second kappa shape index (κ2) is 6.46. The standard InChI is InChI=1S/C15H18F3N3/c1-12(10-19)21-7-5-20(6-8-21)11-13-3-2-4-14(9-13)15(16,17)18/h2-4,9,12H,5-8,11H2,1H3. The molecule has 0 aromatic heterocycles. The molecule has 1 fully saturated rings. The Hall–Kier alpha value is -1.58. The summed E-state index contributed by atoms with van der Waals surface area (Å²) in [5.41, 5.74) is 0.0725. The molecule has 21 heavy (non-hydrogen) atoms. The lowest BCUT2D eigenvalue weighted by molar-refractivity contribution is -0.137. The predicted molar refractivity (Wildman–Crippen MR) is 73.4 cm³/mol. The van der Waals surface area contributed by atoms with Crippen molar-refractivity contribution in [3.8, 4) is 6.07 Å². The van der Waals surface area contributed by atoms with Crippen LogP contribution < -0.4 is 0 Å². The normalized spacial score (nSPS) is 19.2. The number of hydrogen-bond acceptors (Lipinski definition) is 3. The van der Waals surface area contributed by atoms with E-state index in [2.05, 4.69) is 15.9 Å². The molecule has 0 amide bonds. The van der Waals surface area contributed by atoms with Crippen molar-refractivity contribution in [3.63, 3.8) is 0 Å². The molecule has 1 aliphatic heterocycles. The van der Waals surface area contributed by atoms with E-state index in [1.165, 1.54) is 12.1 Å². The van der Waals surface area contributed by atoms with E-state index in [1.54, 1.807) is 6.07 Å². The Morgan fingerprint density at radius 3 is 2.48 bits per heavy atom. The second-order valence-electron chi connectivity index (χ2n) is 5.32. The first-order valence-corrected chi connectivity index (χ1v) is 6.92. The summed E-state index contributed by atoms with van der Waals surface area (Å²) in [6.45, 7) is 5.45. The number of benzene rings is 1. The Bertz CT molecular complexity index is 514. The predicted octanol–water partition coefficient (Wildman–Crippen LogP) is 2.74. The van der Waals surface area contributed by atoms with E-state index in [0.29, 0.717) is 12.1 Å². The highest BCUT2D eigenvalue weighted by Gasteiger charge is 2.30. The van der Waals surface area contributed by atoms with Crippen LogP contribution in [-0.4, -0.2) is 42.0 Å². The zero-order chi connectivity index (χ0) is 15.5. The van der Waals surface area contributed by atoms with Crippen LogP contribution in [0.5, 0.6) is 0 Å². The van der Waals surface area contributed by atoms with Crippen molar-refractivity contribution in [2.24, 2.45) is 0 Å². The number of halogens is 3. The molecule has 1 unspecified atom stereocenters. The van der Waals surface area contributed by atoms with Crippen molar-refractivity contribution < 1.29 is 13.2 Å². The molecule has 1 aromatic carbocycles. The minimum absolute atomic E-state index is 0.110. The lowest BCUT2D eigenvalue weighted by atomic mass is 10.1. The minimum atomic E-state index is -4.29. The summed E-state index contributed by atoms with van der Waals surface area (Å²) in [5.74, 6) is 0. The molecular weight excluding hydrogens is 279 g/mol. The lowest BCUT2D eigenvalue weighted by Crippen LogP contribution is -2.48. The molecule has 6 heteroatoms. The summed E-state index contributed by atoms with van der Waals surface area (Å²) in [6, 6.07) is 7.57. The molecule has 0 N–H and O–H groups in total. The van der Waals surface area contributed by atoms with Crippen LogP contribution in [-0.2, 0) is 12.7 Å². The fraction of sp³-hybridized carbons (Fsp3) is 0.533. The smallest absolute Gasteiger partial charge is 0.297 e. The SMILES string of the molecule is CC(C#N)N1CCN(Cc2cccc(C(F)(F)F)c2)CC1. The van der Waals surface area contributed by atoms with Gasteiger partial charge in [0.15, 0.2) is 0 Å². The van der Waals surface area contributed by atoms with Crippen molar-refractivity contribution in [3.05, 3.63) is 35.4 Å². The summed E-state index contributed by atoms with van der Waals surface area (Å²) in [5, 5.41) is 8.88. The van der Waals surface area contributed by atoms with E-state index in [4.69, 9.17) is 5.26 Å². The van der Waals surface area contributed by atoms with E-state index in [1.807, 2.05) is 6.92 Å². The van der Waals surface area contributed by atoms with Crippen LogP contribution in [0.1, 0.15) is 18.1 Å². The highest BCUT2D eigenvalue weighted by Crippen LogP contribution is 2.29. The summed E-state index contributed by atoms with van der Waals surface area (Å²) in [6.07, 6.45) is -4.29. The van der Waals surface area contributed by atoms with Crippen molar-refractivity contribution in [2.45, 2.75) is 25.7 Å². The molecule has 1 atom stereocenters. The molecule has 3 nitrogen and oxygen atoms in total. The zero-order valence-electron chi connectivity index (χ0n) is 11.9. The summed E-state index contributed by atoms with van der Waals surface area (Å²) in [4.78, 5) is 4.21. The monoisotopic (exact) mass is 297 g/mol. The van der Waals surface area contributed by atoms with Gasteiger partial charge >= 0.3 is 6.18 Å². The van der Waals surface area contributed by atoms with Gasteiger partial charge in [-0.3, -0.25) is 9.80 Å². The largest absolute Gasteiger partial charge is 0.416 e. The first-order valence-electron chi connectivity index (χ1n) is 6.92. The second-order valence-corrected chi connectivity index (χ2v) is 5.32. The van der Waals surface area contributed by atoms with Crippen LogP contribution in [0.15, 0.2) is 24.3 Å². The van der Waals surface area contributed by atoms with Crippen molar-refractivity contribution in [1.82, 2.24) is 9.80 Å². The van der Waals surface area contributed by atoms with E-state index >= 15 is 0 Å². The summed E-state index contributed by atoms with van der Waals surface area (Å²) in [7, 11) is 0. The molecule has 0 bridgehead atoms. The first kappa shape index (κ1) is 15.8. The lowest BCUT2D eigenvalue weighted by Gasteiger charge is -2.35. The Labute approximate surface area is 122 Å². The molecule has 1 heterocycles. The quantitative estimate of drug-likeness (QED) is 0.859. The maximum Gasteiger partial charge on any atom is 0.416 e. The van der Waals surface area contributed by atoms with Gasteiger partial charge in [-0.15, -0.1) is 0 Å². The van der Waals surface area contributed by atoms with Crippen LogP contribution in [0.25, 0.3) is 0 Å². The summed E-state index contributed by atoms with van der Waals surface area (Å²) >= 11 is 0. The van der Waals surface area contributed by atoms with Gasteiger partial charge < -0.3 is 0 Å². The Morgan fingerprint density at radius 2 is 1.90 bits per heavy atom. The maximum absolute atomic E-state index is 12.7. The van der Waals surface area contributed by atoms with Gasteiger partial charge in [-0.1, -0.05) is 18.2 Å². The molecule has 0 saturated carbocycles. The van der Waals surface area contributed by atoms with E-state index in [9.17, 15) is 13.2 Å². The van der Waals surface area contributed by atoms with Gasteiger partial charge in [0.1, 0.15) is 0 Å². The number of rotatable bonds is 3. The zero-order valence-corrected chi connectivity index (χ0v) is 11.9. The minimum Gasteiger partial charge on any atom is -0.297 e. The number of alkyl halides is 3. The third-order valence-corrected chi connectivity index (χ3v) is 3.80. The third kappa shape index (κ3) is 4.19. The van der Waals surface area contributed by atoms with Gasteiger partial charge in [-0.05, 0) is 18.6 Å². The Kier molecular flexibility index (Phi) is 4.86. The molecule has 1 aliphatic rings. The number of hydrogen-bond donors (Lipinski definition) is 0. The molecule has 0 radical (unpaired) electrons. The molecular formula is C15H18F3N3. The number of nitrogens with zero attached hydrogens (tertiary/aromatic N) is 3. The third-order valence-electron chi connectivity index (χ3n) is 3.80. The number of nitriles is 1.